The summed E-state index contributed by atoms with van der Waals surface area (Å²) in [5.74, 6) is 0.466. The first-order valence-electron chi connectivity index (χ1n) is 16.1. The maximum atomic E-state index is 13.8. The number of urea groups is 1. The Kier molecular flexibility index (Phi) is 9.11. The Morgan fingerprint density at radius 1 is 0.978 bits per heavy atom. The molecule has 2 fully saturated rings. The van der Waals surface area contributed by atoms with E-state index in [1.165, 1.54) is 12.0 Å². The molecule has 1 aliphatic carbocycles. The summed E-state index contributed by atoms with van der Waals surface area (Å²) in [6.45, 7) is 6.87. The first-order valence-corrected chi connectivity index (χ1v) is 17.3. The van der Waals surface area contributed by atoms with Gasteiger partial charge in [-0.1, -0.05) is 25.3 Å². The summed E-state index contributed by atoms with van der Waals surface area (Å²) in [4.78, 5) is 42.5. The highest BCUT2D eigenvalue weighted by atomic mass is 32.2. The van der Waals surface area contributed by atoms with Gasteiger partial charge in [-0.3, -0.25) is 14.1 Å². The fourth-order valence-electron chi connectivity index (χ4n) is 8.06. The Morgan fingerprint density at radius 3 is 2.35 bits per heavy atom. The van der Waals surface area contributed by atoms with Gasteiger partial charge in [0.15, 0.2) is 0 Å². The third-order valence-corrected chi connectivity index (χ3v) is 10.3. The van der Waals surface area contributed by atoms with Crippen LogP contribution >= 0.6 is 0 Å². The van der Waals surface area contributed by atoms with Crippen LogP contribution in [-0.2, 0) is 29.0 Å². The summed E-state index contributed by atoms with van der Waals surface area (Å²) in [6, 6.07) is 11.0. The molecule has 12 heteroatoms. The molecule has 4 amide bonds. The van der Waals surface area contributed by atoms with Gasteiger partial charge < -0.3 is 24.4 Å². The molecule has 0 radical (unpaired) electrons. The van der Waals surface area contributed by atoms with Crippen LogP contribution in [0.4, 0.5) is 4.79 Å². The minimum atomic E-state index is -2.48. The fraction of sp³-hybridized carbons (Fsp3) is 0.500. The van der Waals surface area contributed by atoms with Gasteiger partial charge in [-0.2, -0.15) is 0 Å². The number of hydrogen-bond acceptors (Lipinski definition) is 5. The summed E-state index contributed by atoms with van der Waals surface area (Å²) in [7, 11) is 1.65. The van der Waals surface area contributed by atoms with Gasteiger partial charge in [-0.25, -0.2) is 13.7 Å². The zero-order chi connectivity index (χ0) is 32.7. The van der Waals surface area contributed by atoms with Gasteiger partial charge in [0.25, 0.3) is 17.2 Å². The monoisotopic (exact) mass is 649 g/mol. The summed E-state index contributed by atoms with van der Waals surface area (Å²) >= 11 is -2.48. The number of benzene rings is 2. The smallest absolute Gasteiger partial charge is 0.317 e. The highest BCUT2D eigenvalue weighted by Crippen LogP contribution is 2.46. The quantitative estimate of drug-likeness (QED) is 0.340. The molecule has 0 bridgehead atoms. The second kappa shape index (κ2) is 13.1. The molecule has 11 nitrogen and oxygen atoms in total. The van der Waals surface area contributed by atoms with Crippen molar-refractivity contribution in [2.75, 3.05) is 20.2 Å². The molecule has 1 saturated carbocycles. The molecule has 2 aliphatic heterocycles. The predicted molar refractivity (Wildman–Crippen MR) is 177 cm³/mol. The number of aromatic nitrogens is 1. The van der Waals surface area contributed by atoms with E-state index < -0.39 is 17.2 Å². The topological polar surface area (TPSA) is 133 Å². The van der Waals surface area contributed by atoms with Crippen LogP contribution in [0, 0.1) is 0 Å². The van der Waals surface area contributed by atoms with Gasteiger partial charge in [0.1, 0.15) is 5.75 Å². The zero-order valence-corrected chi connectivity index (χ0v) is 27.7. The zero-order valence-electron chi connectivity index (χ0n) is 26.9. The van der Waals surface area contributed by atoms with Crippen LogP contribution in [0.3, 0.4) is 0 Å². The molecule has 3 N–H and O–H groups in total. The summed E-state index contributed by atoms with van der Waals surface area (Å²) in [6.07, 6.45) is 6.25. The molecule has 246 valence electrons. The van der Waals surface area contributed by atoms with Gasteiger partial charge in [0.2, 0.25) is 5.91 Å². The lowest BCUT2D eigenvalue weighted by Crippen LogP contribution is -2.61. The molecule has 3 aliphatic rings. The van der Waals surface area contributed by atoms with E-state index in [2.05, 4.69) is 26.7 Å². The SMILES string of the molecule is COc1ccc2c(c1)CC(NC(=O)N1C[C@@H](C)N(C(C)=O)[C@@H](C)C1)Cn1c-2c(C2CCCCC2)c2ccc(C(=O)NS(=O)O)cc21. The summed E-state index contributed by atoms with van der Waals surface area (Å²) < 4.78 is 30.6. The van der Waals surface area contributed by atoms with Gasteiger partial charge in [0.05, 0.1) is 18.8 Å². The second-order valence-corrected chi connectivity index (χ2v) is 13.7. The molecule has 0 spiro atoms. The minimum Gasteiger partial charge on any atom is -0.497 e. The van der Waals surface area contributed by atoms with E-state index in [0.717, 1.165) is 59.2 Å². The van der Waals surface area contributed by atoms with Crippen LogP contribution in [0.15, 0.2) is 36.4 Å². The van der Waals surface area contributed by atoms with E-state index in [0.29, 0.717) is 32.0 Å². The molecule has 46 heavy (non-hydrogen) atoms. The first kappa shape index (κ1) is 32.1. The largest absolute Gasteiger partial charge is 0.497 e. The number of nitrogens with zero attached hydrogens (tertiary/aromatic N) is 3. The van der Waals surface area contributed by atoms with Crippen molar-refractivity contribution in [3.05, 3.63) is 53.1 Å². The van der Waals surface area contributed by atoms with Crippen LogP contribution in [-0.4, -0.2) is 79.3 Å². The van der Waals surface area contributed by atoms with Crippen LogP contribution in [0.25, 0.3) is 22.2 Å². The normalized spacial score (nSPS) is 22.4. The maximum Gasteiger partial charge on any atom is 0.317 e. The molecule has 1 aromatic heterocycles. The van der Waals surface area contributed by atoms with Crippen molar-refractivity contribution in [1.29, 1.82) is 0 Å². The second-order valence-electron chi connectivity index (χ2n) is 13.0. The average molecular weight is 650 g/mol. The molecule has 1 saturated heterocycles. The van der Waals surface area contributed by atoms with Crippen molar-refractivity contribution in [2.45, 2.75) is 89.9 Å². The minimum absolute atomic E-state index is 0.00782. The number of fused-ring (bicyclic) bond motifs is 5. The van der Waals surface area contributed by atoms with Gasteiger partial charge >= 0.3 is 6.03 Å². The van der Waals surface area contributed by atoms with Gasteiger partial charge in [-0.15, -0.1) is 0 Å². The fourth-order valence-corrected chi connectivity index (χ4v) is 8.34. The first-order chi connectivity index (χ1) is 22.0. The van der Waals surface area contributed by atoms with Crippen LogP contribution < -0.4 is 14.8 Å². The lowest BCUT2D eigenvalue weighted by molar-refractivity contribution is -0.135. The van der Waals surface area contributed by atoms with Crippen LogP contribution in [0.2, 0.25) is 0 Å². The third kappa shape index (κ3) is 6.12. The average Bonchev–Trinajstić information content (AvgIpc) is 3.24. The Bertz CT molecular complexity index is 1690. The van der Waals surface area contributed by atoms with Crippen molar-refractivity contribution in [1.82, 2.24) is 24.4 Å². The molecule has 3 aromatic rings. The number of amides is 4. The molecule has 6 rings (SSSR count). The molecular weight excluding hydrogens is 606 g/mol. The van der Waals surface area contributed by atoms with Crippen molar-refractivity contribution in [2.24, 2.45) is 0 Å². The van der Waals surface area contributed by atoms with E-state index in [-0.39, 0.29) is 35.6 Å². The highest BCUT2D eigenvalue weighted by Gasteiger charge is 2.36. The Hall–Kier alpha value is -3.90. The van der Waals surface area contributed by atoms with Crippen molar-refractivity contribution in [3.8, 4) is 17.0 Å². The molecular formula is C34H43N5O6S. The van der Waals surface area contributed by atoms with E-state index in [4.69, 9.17) is 4.74 Å². The van der Waals surface area contributed by atoms with E-state index >= 15 is 0 Å². The number of rotatable bonds is 5. The Labute approximate surface area is 272 Å². The van der Waals surface area contributed by atoms with Crippen LogP contribution in [0.5, 0.6) is 5.75 Å². The van der Waals surface area contributed by atoms with E-state index in [9.17, 15) is 23.1 Å². The molecule has 4 atom stereocenters. The standard InChI is InChI=1S/C34H43N5O6S/c1-20-17-37(18-21(2)39(20)22(3)40)34(42)35-26-14-25-15-27(45-4)11-13-28(25)32-31(23-8-6-5-7-9-23)29-12-10-24(33(41)36-46(43)44)16-30(29)38(32)19-26/h10-13,15-16,20-21,23,26H,5-9,14,17-19H2,1-4H3,(H,35,42)(H,36,41)(H,43,44)/t20-,21+,26?. The number of methoxy groups -OCH3 is 1. The van der Waals surface area contributed by atoms with Gasteiger partial charge in [-0.05, 0) is 80.5 Å². The number of piperazine rings is 1. The Balaban J connectivity index is 1.44. The third-order valence-electron chi connectivity index (χ3n) is 9.89. The lowest BCUT2D eigenvalue weighted by atomic mass is 9.81. The Morgan fingerprint density at radius 2 is 1.70 bits per heavy atom. The van der Waals surface area contributed by atoms with E-state index in [1.807, 2.05) is 30.9 Å². The van der Waals surface area contributed by atoms with Crippen molar-refractivity contribution >= 4 is 40.0 Å². The molecule has 2 aromatic carbocycles. The van der Waals surface area contributed by atoms with Crippen LogP contribution in [0.1, 0.15) is 80.3 Å². The highest BCUT2D eigenvalue weighted by molar-refractivity contribution is 7.77. The number of hydrogen-bond donors (Lipinski definition) is 3. The van der Waals surface area contributed by atoms with Gasteiger partial charge in [0, 0.05) is 60.7 Å². The molecule has 2 unspecified atom stereocenters. The number of carbonyl (C=O) groups is 3. The van der Waals surface area contributed by atoms with E-state index in [1.54, 1.807) is 31.1 Å². The summed E-state index contributed by atoms with van der Waals surface area (Å²) in [5, 5.41) is 4.38. The summed E-state index contributed by atoms with van der Waals surface area (Å²) in [5.41, 5.74) is 5.64. The lowest BCUT2D eigenvalue weighted by Gasteiger charge is -2.44. The maximum absolute atomic E-state index is 13.8. The van der Waals surface area contributed by atoms with Crippen molar-refractivity contribution in [3.63, 3.8) is 0 Å². The molecule has 3 heterocycles. The van der Waals surface area contributed by atoms with Crippen molar-refractivity contribution < 1.29 is 27.9 Å². The predicted octanol–water partition coefficient (Wildman–Crippen LogP) is 4.81. The number of carbonyl (C=O) groups excluding carboxylic acids is 3. The number of nitrogens with one attached hydrogen (secondary N) is 2. The number of ether oxygens (including phenoxy) is 1.